The summed E-state index contributed by atoms with van der Waals surface area (Å²) in [6.45, 7) is 11.3. The van der Waals surface area contributed by atoms with Crippen LogP contribution in [-0.4, -0.2) is 81.8 Å². The summed E-state index contributed by atoms with van der Waals surface area (Å²) in [5.74, 6) is -1.09. The molecule has 0 bridgehead atoms. The molecule has 1 amide bonds. The summed E-state index contributed by atoms with van der Waals surface area (Å²) >= 11 is 0. The van der Waals surface area contributed by atoms with E-state index in [4.69, 9.17) is 14.9 Å². The Labute approximate surface area is 219 Å². The first-order valence-electron chi connectivity index (χ1n) is 12.5. The molecule has 2 N–H and O–H groups in total. The zero-order valence-electron chi connectivity index (χ0n) is 22.5. The number of aromatic nitrogens is 1. The molecule has 0 atom stereocenters. The molecule has 10 nitrogen and oxygen atoms in total. The van der Waals surface area contributed by atoms with E-state index in [1.807, 2.05) is 13.1 Å². The van der Waals surface area contributed by atoms with Crippen LogP contribution in [0.4, 0.5) is 5.69 Å². The van der Waals surface area contributed by atoms with Crippen LogP contribution in [0.15, 0.2) is 36.4 Å². The van der Waals surface area contributed by atoms with Crippen molar-refractivity contribution in [1.82, 2.24) is 14.4 Å². The fraction of sp³-hybridized carbons (Fsp3) is 0.519. The second-order valence-electron chi connectivity index (χ2n) is 9.44. The number of aliphatic carboxylic acids is 2. The second kappa shape index (κ2) is 14.3. The summed E-state index contributed by atoms with van der Waals surface area (Å²) < 4.78 is 8.22. The average Bonchev–Trinajstić information content (AvgIpc) is 3.17. The van der Waals surface area contributed by atoms with Crippen molar-refractivity contribution < 1.29 is 29.3 Å². The number of amides is 1. The van der Waals surface area contributed by atoms with Crippen molar-refractivity contribution in [3.63, 3.8) is 0 Å². The first-order valence-corrected chi connectivity index (χ1v) is 12.5. The van der Waals surface area contributed by atoms with Crippen LogP contribution < -0.4 is 9.64 Å². The van der Waals surface area contributed by atoms with Crippen LogP contribution in [0, 0.1) is 0 Å². The number of hydrogen-bond acceptors (Lipinski definition) is 6. The molecule has 3 rings (SSSR count). The molecule has 204 valence electrons. The van der Waals surface area contributed by atoms with Gasteiger partial charge in [0, 0.05) is 65.1 Å². The minimum Gasteiger partial charge on any atom is -0.489 e. The lowest BCUT2D eigenvalue weighted by Gasteiger charge is -2.37. The van der Waals surface area contributed by atoms with E-state index >= 15 is 0 Å². The number of carboxylic acids is 2. The Balaban J connectivity index is 0.000000521. The van der Waals surface area contributed by atoms with Crippen LogP contribution in [-0.2, 0) is 34.5 Å². The molecule has 0 spiro atoms. The highest BCUT2D eigenvalue weighted by atomic mass is 16.5. The summed E-state index contributed by atoms with van der Waals surface area (Å²) in [5.41, 5.74) is 3.64. The van der Waals surface area contributed by atoms with Crippen LogP contribution in [0.2, 0.25) is 0 Å². The second-order valence-corrected chi connectivity index (χ2v) is 9.44. The van der Waals surface area contributed by atoms with Crippen LogP contribution in [0.3, 0.4) is 0 Å². The van der Waals surface area contributed by atoms with Gasteiger partial charge in [-0.25, -0.2) is 0 Å². The number of carbonyl (C=O) groups is 3. The molecule has 0 aliphatic carbocycles. The van der Waals surface area contributed by atoms with E-state index in [0.717, 1.165) is 44.2 Å². The summed E-state index contributed by atoms with van der Waals surface area (Å²) in [6, 6.07) is 12.6. The van der Waals surface area contributed by atoms with E-state index in [2.05, 4.69) is 65.6 Å². The Morgan fingerprint density at radius 3 is 2.05 bits per heavy atom. The lowest BCUT2D eigenvalue weighted by atomic mass is 10.2. The highest BCUT2D eigenvalue weighted by Crippen LogP contribution is 2.30. The van der Waals surface area contributed by atoms with Crippen LogP contribution >= 0.6 is 0 Å². The van der Waals surface area contributed by atoms with E-state index < -0.39 is 11.9 Å². The van der Waals surface area contributed by atoms with Crippen molar-refractivity contribution in [2.75, 3.05) is 38.1 Å². The summed E-state index contributed by atoms with van der Waals surface area (Å²) in [5, 5.41) is 15.8. The SMILES string of the molecule is CC(=O)N(C)Cc1ccc(CN2CCN(c3ccccc3OC(C)C)CC2)n1C.O=C(O)CCC(=O)O. The van der Waals surface area contributed by atoms with Gasteiger partial charge < -0.3 is 29.3 Å². The van der Waals surface area contributed by atoms with Gasteiger partial charge in [-0.2, -0.15) is 0 Å². The lowest BCUT2D eigenvalue weighted by Crippen LogP contribution is -2.46. The highest BCUT2D eigenvalue weighted by molar-refractivity contribution is 5.75. The van der Waals surface area contributed by atoms with Gasteiger partial charge in [0.05, 0.1) is 31.2 Å². The number of nitrogens with zero attached hydrogens (tertiary/aromatic N) is 4. The number of benzene rings is 1. The number of piperazine rings is 1. The molecule has 0 saturated carbocycles. The van der Waals surface area contributed by atoms with Gasteiger partial charge in [0.15, 0.2) is 0 Å². The summed E-state index contributed by atoms with van der Waals surface area (Å²) in [6.07, 6.45) is -0.420. The molecule has 1 saturated heterocycles. The van der Waals surface area contributed by atoms with Crippen molar-refractivity contribution >= 4 is 23.5 Å². The van der Waals surface area contributed by atoms with E-state index in [0.29, 0.717) is 6.54 Å². The molecular formula is C27H40N4O6. The zero-order valence-corrected chi connectivity index (χ0v) is 22.5. The van der Waals surface area contributed by atoms with Gasteiger partial charge in [-0.1, -0.05) is 12.1 Å². The van der Waals surface area contributed by atoms with Gasteiger partial charge >= 0.3 is 11.9 Å². The van der Waals surface area contributed by atoms with E-state index in [1.54, 1.807) is 11.8 Å². The monoisotopic (exact) mass is 516 g/mol. The first kappa shape index (κ1) is 29.7. The van der Waals surface area contributed by atoms with Gasteiger partial charge in [-0.15, -0.1) is 0 Å². The summed E-state index contributed by atoms with van der Waals surface area (Å²) in [7, 11) is 3.93. The van der Waals surface area contributed by atoms with Crippen molar-refractivity contribution in [3.05, 3.63) is 47.8 Å². The molecule has 1 fully saturated rings. The maximum atomic E-state index is 11.5. The van der Waals surface area contributed by atoms with Crippen LogP contribution in [0.25, 0.3) is 0 Å². The fourth-order valence-electron chi connectivity index (χ4n) is 3.93. The number of hydrogen-bond donors (Lipinski definition) is 2. The number of para-hydroxylation sites is 2. The van der Waals surface area contributed by atoms with Crippen LogP contribution in [0.5, 0.6) is 5.75 Å². The molecule has 2 heterocycles. The standard InChI is InChI=1S/C23H34N4O2.C4H6O4/c1-18(2)29-23-9-7-6-8-22(23)27-14-12-26(13-15-27)17-21-11-10-20(25(21)5)16-24(4)19(3)28;5-3(6)1-2-4(7)8/h6-11,18H,12-17H2,1-5H3;1-2H2,(H,5,6)(H,7,8). The topological polar surface area (TPSA) is 116 Å². The smallest absolute Gasteiger partial charge is 0.303 e. The molecule has 1 aliphatic rings. The molecule has 0 radical (unpaired) electrons. The van der Waals surface area contributed by atoms with Gasteiger partial charge in [0.2, 0.25) is 5.91 Å². The molecule has 1 aliphatic heterocycles. The summed E-state index contributed by atoms with van der Waals surface area (Å²) in [4.78, 5) is 37.5. The normalized spacial score (nSPS) is 13.6. The quantitative estimate of drug-likeness (QED) is 0.495. The van der Waals surface area contributed by atoms with E-state index in [9.17, 15) is 14.4 Å². The minimum absolute atomic E-state index is 0.0885. The minimum atomic E-state index is -1.08. The lowest BCUT2D eigenvalue weighted by molar-refractivity contribution is -0.143. The van der Waals surface area contributed by atoms with E-state index in [1.165, 1.54) is 11.4 Å². The van der Waals surface area contributed by atoms with Crippen LogP contribution in [0.1, 0.15) is 45.0 Å². The molecule has 10 heteroatoms. The number of ether oxygens (including phenoxy) is 1. The Bertz CT molecular complexity index is 1030. The van der Waals surface area contributed by atoms with Crippen molar-refractivity contribution in [2.24, 2.45) is 7.05 Å². The predicted octanol–water partition coefficient (Wildman–Crippen LogP) is 3.05. The number of anilines is 1. The third-order valence-electron chi connectivity index (χ3n) is 6.15. The number of carboxylic acid groups (broad SMARTS) is 2. The molecule has 2 aromatic rings. The molecular weight excluding hydrogens is 476 g/mol. The Kier molecular flexibility index (Phi) is 11.5. The zero-order chi connectivity index (χ0) is 27.5. The third-order valence-corrected chi connectivity index (χ3v) is 6.15. The molecule has 37 heavy (non-hydrogen) atoms. The highest BCUT2D eigenvalue weighted by Gasteiger charge is 2.21. The van der Waals surface area contributed by atoms with Gasteiger partial charge in [-0.3, -0.25) is 19.3 Å². The average molecular weight is 517 g/mol. The number of carbonyl (C=O) groups excluding carboxylic acids is 1. The number of rotatable bonds is 10. The van der Waals surface area contributed by atoms with Crippen molar-refractivity contribution in [2.45, 2.75) is 52.8 Å². The maximum Gasteiger partial charge on any atom is 0.303 e. The van der Waals surface area contributed by atoms with Gasteiger partial charge in [-0.05, 0) is 38.1 Å². The Hall–Kier alpha value is -3.53. The van der Waals surface area contributed by atoms with Gasteiger partial charge in [0.1, 0.15) is 5.75 Å². The molecule has 1 aromatic heterocycles. The molecule has 1 aromatic carbocycles. The Morgan fingerprint density at radius 1 is 0.946 bits per heavy atom. The van der Waals surface area contributed by atoms with E-state index in [-0.39, 0.29) is 24.9 Å². The fourth-order valence-corrected chi connectivity index (χ4v) is 3.93. The first-order chi connectivity index (χ1) is 17.5. The third kappa shape index (κ3) is 9.80. The van der Waals surface area contributed by atoms with Crippen molar-refractivity contribution in [1.29, 1.82) is 0 Å². The molecule has 0 unspecified atom stereocenters. The predicted molar refractivity (Wildman–Crippen MR) is 142 cm³/mol. The maximum absolute atomic E-state index is 11.5. The van der Waals surface area contributed by atoms with Crippen molar-refractivity contribution in [3.8, 4) is 5.75 Å². The largest absolute Gasteiger partial charge is 0.489 e. The Morgan fingerprint density at radius 2 is 1.51 bits per heavy atom. The van der Waals surface area contributed by atoms with Gasteiger partial charge in [0.25, 0.3) is 0 Å².